The Balaban J connectivity index is 1.70. The first-order valence-electron chi connectivity index (χ1n) is 6.22. The van der Waals surface area contributed by atoms with Crippen molar-refractivity contribution in [3.63, 3.8) is 0 Å². The third-order valence-corrected chi connectivity index (χ3v) is 4.24. The van der Waals surface area contributed by atoms with Gasteiger partial charge in [-0.2, -0.15) is 5.10 Å². The summed E-state index contributed by atoms with van der Waals surface area (Å²) in [7, 11) is 0. The molecule has 0 radical (unpaired) electrons. The molecule has 2 aromatic heterocycles. The zero-order valence-electron chi connectivity index (χ0n) is 10.8. The second kappa shape index (κ2) is 6.24. The minimum atomic E-state index is 0.391. The third-order valence-electron chi connectivity index (χ3n) is 2.97. The van der Waals surface area contributed by atoms with Crippen molar-refractivity contribution in [1.29, 1.82) is 0 Å². The molecule has 0 aliphatic rings. The summed E-state index contributed by atoms with van der Waals surface area (Å²) in [5.41, 5.74) is 3.24. The maximum Gasteiger partial charge on any atom is 0.148 e. The minimum absolute atomic E-state index is 0.391. The molecule has 0 aliphatic heterocycles. The topological polar surface area (TPSA) is 66.5 Å². The summed E-state index contributed by atoms with van der Waals surface area (Å²) in [6.07, 6.45) is 3.16. The van der Waals surface area contributed by atoms with Crippen LogP contribution >= 0.6 is 27.5 Å². The number of hydrogen-bond acceptors (Lipinski definition) is 4. The number of aromatic amines is 1. The summed E-state index contributed by atoms with van der Waals surface area (Å²) in [5, 5.41) is 10.5. The molecule has 21 heavy (non-hydrogen) atoms. The van der Waals surface area contributed by atoms with Crippen LogP contribution in [-0.2, 0) is 6.54 Å². The fourth-order valence-electron chi connectivity index (χ4n) is 1.88. The molecule has 0 unspecified atom stereocenters. The fraction of sp³-hybridized carbons (Fsp3) is 0.0714. The van der Waals surface area contributed by atoms with E-state index in [-0.39, 0.29) is 0 Å². The van der Waals surface area contributed by atoms with Gasteiger partial charge < -0.3 is 5.32 Å². The van der Waals surface area contributed by atoms with Gasteiger partial charge in [-0.25, -0.2) is 9.97 Å². The van der Waals surface area contributed by atoms with Crippen molar-refractivity contribution >= 4 is 33.3 Å². The van der Waals surface area contributed by atoms with Crippen molar-refractivity contribution in [3.05, 3.63) is 58.0 Å². The molecule has 5 nitrogen and oxygen atoms in total. The van der Waals surface area contributed by atoms with Crippen molar-refractivity contribution in [2.45, 2.75) is 6.54 Å². The van der Waals surface area contributed by atoms with E-state index in [1.54, 1.807) is 6.20 Å². The monoisotopic (exact) mass is 363 g/mol. The predicted octanol–water partition coefficient (Wildman–Crippen LogP) is 3.89. The number of rotatable bonds is 4. The standard InChI is InChI=1S/C14H11BrClN5/c15-12-13(16)18-8-19-14(12)17-7-9-1-3-10(4-2-9)11-5-6-20-21-11/h1-6,8H,7H2,(H,20,21)(H,17,18,19). The Morgan fingerprint density at radius 3 is 2.67 bits per heavy atom. The van der Waals surface area contributed by atoms with E-state index in [9.17, 15) is 0 Å². The number of anilines is 1. The molecular weight excluding hydrogens is 354 g/mol. The Labute approximate surface area is 134 Å². The molecule has 0 aliphatic carbocycles. The first-order valence-corrected chi connectivity index (χ1v) is 7.39. The summed E-state index contributed by atoms with van der Waals surface area (Å²) in [4.78, 5) is 8.04. The van der Waals surface area contributed by atoms with Gasteiger partial charge in [-0.3, -0.25) is 5.10 Å². The highest BCUT2D eigenvalue weighted by Gasteiger charge is 2.06. The van der Waals surface area contributed by atoms with E-state index in [0.29, 0.717) is 22.0 Å². The minimum Gasteiger partial charge on any atom is -0.365 e. The highest BCUT2D eigenvalue weighted by Crippen LogP contribution is 2.26. The van der Waals surface area contributed by atoms with Gasteiger partial charge in [0.15, 0.2) is 0 Å². The number of halogens is 2. The zero-order valence-corrected chi connectivity index (χ0v) is 13.2. The number of aromatic nitrogens is 4. The SMILES string of the molecule is Clc1ncnc(NCc2ccc(-c3ccn[nH]3)cc2)c1Br. The van der Waals surface area contributed by atoms with Crippen molar-refractivity contribution in [2.75, 3.05) is 5.32 Å². The van der Waals surface area contributed by atoms with Gasteiger partial charge in [0, 0.05) is 12.7 Å². The molecule has 0 atom stereocenters. The Hall–Kier alpha value is -1.92. The van der Waals surface area contributed by atoms with Crippen molar-refractivity contribution in [3.8, 4) is 11.3 Å². The Morgan fingerprint density at radius 2 is 1.95 bits per heavy atom. The molecule has 0 fully saturated rings. The Bertz CT molecular complexity index is 728. The molecule has 0 spiro atoms. The maximum atomic E-state index is 5.93. The van der Waals surface area contributed by atoms with Gasteiger partial charge in [-0.15, -0.1) is 0 Å². The quantitative estimate of drug-likeness (QED) is 0.689. The first kappa shape index (κ1) is 14.0. The molecular formula is C14H11BrClN5. The normalized spacial score (nSPS) is 10.6. The summed E-state index contributed by atoms with van der Waals surface area (Å²) in [5.74, 6) is 0.674. The molecule has 3 rings (SSSR count). The molecule has 3 aromatic rings. The first-order chi connectivity index (χ1) is 10.2. The van der Waals surface area contributed by atoms with Crippen LogP contribution in [-0.4, -0.2) is 20.2 Å². The fourth-order valence-corrected chi connectivity index (χ4v) is 2.35. The molecule has 0 saturated carbocycles. The average Bonchev–Trinajstić information content (AvgIpc) is 3.04. The number of nitrogens with one attached hydrogen (secondary N) is 2. The van der Waals surface area contributed by atoms with Crippen LogP contribution in [0.4, 0.5) is 5.82 Å². The lowest BCUT2D eigenvalue weighted by Gasteiger charge is -2.08. The number of benzene rings is 1. The lowest BCUT2D eigenvalue weighted by molar-refractivity contribution is 1.07. The summed E-state index contributed by atoms with van der Waals surface area (Å²) in [6, 6.07) is 10.1. The van der Waals surface area contributed by atoms with Crippen LogP contribution in [0.3, 0.4) is 0 Å². The molecule has 7 heteroatoms. The van der Waals surface area contributed by atoms with Crippen LogP contribution in [0.5, 0.6) is 0 Å². The van der Waals surface area contributed by atoms with Gasteiger partial charge in [0.05, 0.1) is 10.2 Å². The second-order valence-corrected chi connectivity index (χ2v) is 5.50. The smallest absolute Gasteiger partial charge is 0.148 e. The van der Waals surface area contributed by atoms with Crippen molar-refractivity contribution in [1.82, 2.24) is 20.2 Å². The molecule has 1 aromatic carbocycles. The van der Waals surface area contributed by atoms with E-state index in [2.05, 4.69) is 53.5 Å². The van der Waals surface area contributed by atoms with Crippen molar-refractivity contribution < 1.29 is 0 Å². The van der Waals surface area contributed by atoms with Gasteiger partial charge in [-0.1, -0.05) is 35.9 Å². The van der Waals surface area contributed by atoms with E-state index >= 15 is 0 Å². The van der Waals surface area contributed by atoms with Gasteiger partial charge in [0.25, 0.3) is 0 Å². The van der Waals surface area contributed by atoms with Crippen LogP contribution in [0.1, 0.15) is 5.56 Å². The number of hydrogen-bond donors (Lipinski definition) is 2. The van der Waals surface area contributed by atoms with Crippen LogP contribution in [0.25, 0.3) is 11.3 Å². The van der Waals surface area contributed by atoms with Crippen LogP contribution in [0.2, 0.25) is 5.15 Å². The highest BCUT2D eigenvalue weighted by molar-refractivity contribution is 9.10. The van der Waals surface area contributed by atoms with Gasteiger partial charge >= 0.3 is 0 Å². The molecule has 0 saturated heterocycles. The second-order valence-electron chi connectivity index (χ2n) is 4.35. The van der Waals surface area contributed by atoms with E-state index in [4.69, 9.17) is 11.6 Å². The van der Waals surface area contributed by atoms with E-state index < -0.39 is 0 Å². The van der Waals surface area contributed by atoms with Crippen LogP contribution < -0.4 is 5.32 Å². The number of H-pyrrole nitrogens is 1. The Morgan fingerprint density at radius 1 is 1.14 bits per heavy atom. The molecule has 106 valence electrons. The molecule has 0 amide bonds. The third kappa shape index (κ3) is 3.22. The largest absolute Gasteiger partial charge is 0.365 e. The van der Waals surface area contributed by atoms with Crippen molar-refractivity contribution in [2.24, 2.45) is 0 Å². The lowest BCUT2D eigenvalue weighted by Crippen LogP contribution is -2.02. The summed E-state index contributed by atoms with van der Waals surface area (Å²) in [6.45, 7) is 0.648. The molecule has 0 bridgehead atoms. The van der Waals surface area contributed by atoms with E-state index in [0.717, 1.165) is 16.8 Å². The van der Waals surface area contributed by atoms with Gasteiger partial charge in [-0.05, 0) is 33.1 Å². The summed E-state index contributed by atoms with van der Waals surface area (Å²) < 4.78 is 0.667. The Kier molecular flexibility index (Phi) is 4.17. The van der Waals surface area contributed by atoms with E-state index in [1.165, 1.54) is 6.33 Å². The molecule has 2 heterocycles. The zero-order chi connectivity index (χ0) is 14.7. The highest BCUT2D eigenvalue weighted by atomic mass is 79.9. The van der Waals surface area contributed by atoms with Crippen LogP contribution in [0, 0.1) is 0 Å². The van der Waals surface area contributed by atoms with Gasteiger partial charge in [0.1, 0.15) is 17.3 Å². The number of nitrogens with zero attached hydrogens (tertiary/aromatic N) is 3. The predicted molar refractivity (Wildman–Crippen MR) is 86.1 cm³/mol. The maximum absolute atomic E-state index is 5.93. The lowest BCUT2D eigenvalue weighted by atomic mass is 10.1. The summed E-state index contributed by atoms with van der Waals surface area (Å²) >= 11 is 9.29. The van der Waals surface area contributed by atoms with E-state index in [1.807, 2.05) is 18.2 Å². The van der Waals surface area contributed by atoms with Gasteiger partial charge in [0.2, 0.25) is 0 Å². The van der Waals surface area contributed by atoms with Crippen LogP contribution in [0.15, 0.2) is 47.3 Å². The molecule has 2 N–H and O–H groups in total. The average molecular weight is 365 g/mol.